The number of aryl methyl sites for hydroxylation is 1. The lowest BCUT2D eigenvalue weighted by Crippen LogP contribution is -2.22. The number of aliphatic hydroxyl groups excluding tert-OH is 3. The average Bonchev–Trinajstić information content (AvgIpc) is 2.93. The van der Waals surface area contributed by atoms with Crippen LogP contribution in [0.2, 0.25) is 0 Å². The minimum Gasteiger partial charge on any atom is -0.481 e. The van der Waals surface area contributed by atoms with Crippen molar-refractivity contribution in [3.63, 3.8) is 0 Å². The Hall–Kier alpha value is -1.96. The van der Waals surface area contributed by atoms with Gasteiger partial charge in [-0.1, -0.05) is 44.4 Å². The van der Waals surface area contributed by atoms with Crippen molar-refractivity contribution in [2.24, 2.45) is 7.05 Å². The first kappa shape index (κ1) is 24.1. The zero-order chi connectivity index (χ0) is 21.1. The molecular formula is C21H34N2O5. The molecule has 3 atom stereocenters. The number of carboxylic acid groups (broad SMARTS) is 1. The monoisotopic (exact) mass is 394 g/mol. The Morgan fingerprint density at radius 2 is 1.93 bits per heavy atom. The van der Waals surface area contributed by atoms with E-state index in [-0.39, 0.29) is 12.8 Å². The highest BCUT2D eigenvalue weighted by molar-refractivity contribution is 5.66. The zero-order valence-corrected chi connectivity index (χ0v) is 17.1. The molecule has 0 aromatic carbocycles. The number of unbranched alkanes of at least 4 members (excludes halogenated alkanes) is 2. The molecule has 1 aromatic rings. The Morgan fingerprint density at radius 1 is 1.21 bits per heavy atom. The minimum atomic E-state index is -1.09. The molecular weight excluding hydrogens is 360 g/mol. The SMILES string of the molecule is CCCCCC(O)c1c(/C=C/[C@@H](O)[C@@H](O)C/C=C\CCC(=O)O)nc(C)n1C. The lowest BCUT2D eigenvalue weighted by atomic mass is 10.0. The van der Waals surface area contributed by atoms with Crippen LogP contribution in [-0.4, -0.2) is 48.2 Å². The van der Waals surface area contributed by atoms with Crippen LogP contribution >= 0.6 is 0 Å². The number of imidazole rings is 1. The maximum absolute atomic E-state index is 10.5. The molecule has 28 heavy (non-hydrogen) atoms. The Morgan fingerprint density at radius 3 is 2.57 bits per heavy atom. The van der Waals surface area contributed by atoms with Gasteiger partial charge < -0.3 is 25.0 Å². The first-order chi connectivity index (χ1) is 13.3. The fourth-order valence-electron chi connectivity index (χ4n) is 2.91. The van der Waals surface area contributed by atoms with Gasteiger partial charge in [0.15, 0.2) is 0 Å². The van der Waals surface area contributed by atoms with Crippen molar-refractivity contribution in [2.45, 2.75) is 77.1 Å². The van der Waals surface area contributed by atoms with Crippen molar-refractivity contribution in [1.82, 2.24) is 9.55 Å². The Kier molecular flexibility index (Phi) is 10.7. The molecule has 7 nitrogen and oxygen atoms in total. The molecule has 0 spiro atoms. The van der Waals surface area contributed by atoms with Gasteiger partial charge in [-0.2, -0.15) is 0 Å². The van der Waals surface area contributed by atoms with Gasteiger partial charge in [-0.3, -0.25) is 4.79 Å². The third-order valence-electron chi connectivity index (χ3n) is 4.70. The van der Waals surface area contributed by atoms with Gasteiger partial charge in [-0.25, -0.2) is 4.98 Å². The van der Waals surface area contributed by atoms with Crippen LogP contribution in [0.3, 0.4) is 0 Å². The minimum absolute atomic E-state index is 0.0391. The highest BCUT2D eigenvalue weighted by atomic mass is 16.4. The molecule has 0 radical (unpaired) electrons. The molecule has 0 fully saturated rings. The summed E-state index contributed by atoms with van der Waals surface area (Å²) in [6.07, 6.45) is 8.11. The van der Waals surface area contributed by atoms with E-state index in [4.69, 9.17) is 5.11 Å². The Bertz CT molecular complexity index is 666. The van der Waals surface area contributed by atoms with Crippen LogP contribution in [0.15, 0.2) is 18.2 Å². The predicted octanol–water partition coefficient (Wildman–Crippen LogP) is 2.89. The third kappa shape index (κ3) is 7.96. The van der Waals surface area contributed by atoms with Gasteiger partial charge in [0, 0.05) is 13.5 Å². The van der Waals surface area contributed by atoms with Gasteiger partial charge >= 0.3 is 5.97 Å². The van der Waals surface area contributed by atoms with E-state index in [1.807, 2.05) is 18.5 Å². The molecule has 0 saturated heterocycles. The highest BCUT2D eigenvalue weighted by Crippen LogP contribution is 2.25. The quantitative estimate of drug-likeness (QED) is 0.302. The van der Waals surface area contributed by atoms with Crippen LogP contribution in [0.25, 0.3) is 6.08 Å². The smallest absolute Gasteiger partial charge is 0.303 e. The van der Waals surface area contributed by atoms with Crippen molar-refractivity contribution in [3.8, 4) is 0 Å². The van der Waals surface area contributed by atoms with Crippen LogP contribution < -0.4 is 0 Å². The van der Waals surface area contributed by atoms with Crippen LogP contribution in [-0.2, 0) is 11.8 Å². The van der Waals surface area contributed by atoms with E-state index in [9.17, 15) is 20.1 Å². The van der Waals surface area contributed by atoms with Crippen molar-refractivity contribution < 1.29 is 25.2 Å². The number of rotatable bonds is 13. The lowest BCUT2D eigenvalue weighted by molar-refractivity contribution is -0.136. The fourth-order valence-corrected chi connectivity index (χ4v) is 2.91. The van der Waals surface area contributed by atoms with Gasteiger partial charge in [0.25, 0.3) is 0 Å². The summed E-state index contributed by atoms with van der Waals surface area (Å²) in [7, 11) is 1.85. The van der Waals surface area contributed by atoms with E-state index in [0.717, 1.165) is 25.1 Å². The number of nitrogens with zero attached hydrogens (tertiary/aromatic N) is 2. The molecule has 1 aromatic heterocycles. The van der Waals surface area contributed by atoms with E-state index >= 15 is 0 Å². The molecule has 0 bridgehead atoms. The lowest BCUT2D eigenvalue weighted by Gasteiger charge is -2.14. The van der Waals surface area contributed by atoms with Crippen LogP contribution in [0, 0.1) is 6.92 Å². The van der Waals surface area contributed by atoms with Crippen LogP contribution in [0.5, 0.6) is 0 Å². The number of aromatic nitrogens is 2. The number of allylic oxidation sites excluding steroid dienone is 1. The van der Waals surface area contributed by atoms with E-state index in [0.29, 0.717) is 24.2 Å². The standard InChI is InChI=1S/C21H34N2O5/c1-4-5-7-11-19(26)21-16(22-15(2)23(21)3)13-14-18(25)17(24)10-8-6-9-12-20(27)28/h6,8,13-14,17-19,24-26H,4-5,7,9-12H2,1-3H3,(H,27,28)/b8-6-,14-13+/t17-,18+,19?/m0/s1. The number of hydrogen-bond donors (Lipinski definition) is 4. The highest BCUT2D eigenvalue weighted by Gasteiger charge is 2.19. The molecule has 0 aliphatic rings. The molecule has 0 aliphatic carbocycles. The molecule has 0 amide bonds. The van der Waals surface area contributed by atoms with Gasteiger partial charge in [-0.05, 0) is 32.3 Å². The molecule has 1 rings (SSSR count). The fraction of sp³-hybridized carbons (Fsp3) is 0.619. The largest absolute Gasteiger partial charge is 0.481 e. The zero-order valence-electron chi connectivity index (χ0n) is 17.1. The molecule has 7 heteroatoms. The van der Waals surface area contributed by atoms with Gasteiger partial charge in [0.1, 0.15) is 5.82 Å². The summed E-state index contributed by atoms with van der Waals surface area (Å²) < 4.78 is 1.85. The summed E-state index contributed by atoms with van der Waals surface area (Å²) in [6.45, 7) is 3.97. The summed E-state index contributed by atoms with van der Waals surface area (Å²) in [5, 5.41) is 39.3. The third-order valence-corrected chi connectivity index (χ3v) is 4.70. The second-order valence-electron chi connectivity index (χ2n) is 7.06. The summed E-state index contributed by atoms with van der Waals surface area (Å²) in [4.78, 5) is 14.9. The maximum Gasteiger partial charge on any atom is 0.303 e. The van der Waals surface area contributed by atoms with Crippen LogP contribution in [0.4, 0.5) is 0 Å². The van der Waals surface area contributed by atoms with Gasteiger partial charge in [0.2, 0.25) is 0 Å². The number of hydrogen-bond acceptors (Lipinski definition) is 5. The van der Waals surface area contributed by atoms with E-state index < -0.39 is 24.3 Å². The van der Waals surface area contributed by atoms with Crippen molar-refractivity contribution in [1.29, 1.82) is 0 Å². The molecule has 158 valence electrons. The summed E-state index contributed by atoms with van der Waals surface area (Å²) in [6, 6.07) is 0. The van der Waals surface area contributed by atoms with Crippen LogP contribution in [0.1, 0.15) is 75.2 Å². The van der Waals surface area contributed by atoms with Crippen molar-refractivity contribution >= 4 is 12.0 Å². The molecule has 0 saturated carbocycles. The number of carboxylic acids is 1. The summed E-state index contributed by atoms with van der Waals surface area (Å²) in [5.74, 6) is -0.105. The van der Waals surface area contributed by atoms with Gasteiger partial charge in [0.05, 0.1) is 29.7 Å². The second-order valence-corrected chi connectivity index (χ2v) is 7.06. The average molecular weight is 395 g/mol. The first-order valence-corrected chi connectivity index (χ1v) is 9.90. The second kappa shape index (κ2) is 12.5. The maximum atomic E-state index is 10.5. The van der Waals surface area contributed by atoms with Gasteiger partial charge in [-0.15, -0.1) is 0 Å². The number of carbonyl (C=O) groups is 1. The molecule has 0 aliphatic heterocycles. The number of aliphatic hydroxyl groups is 3. The molecule has 1 heterocycles. The Balaban J connectivity index is 2.71. The topological polar surface area (TPSA) is 116 Å². The first-order valence-electron chi connectivity index (χ1n) is 9.90. The van der Waals surface area contributed by atoms with Crippen molar-refractivity contribution in [3.05, 3.63) is 35.4 Å². The number of aliphatic carboxylic acids is 1. The summed E-state index contributed by atoms with van der Waals surface area (Å²) >= 11 is 0. The summed E-state index contributed by atoms with van der Waals surface area (Å²) in [5.41, 5.74) is 1.30. The molecule has 1 unspecified atom stereocenters. The Labute approximate surface area is 167 Å². The van der Waals surface area contributed by atoms with E-state index in [1.54, 1.807) is 18.2 Å². The normalized spacial score (nSPS) is 15.4. The molecule has 4 N–H and O–H groups in total. The predicted molar refractivity (Wildman–Crippen MR) is 109 cm³/mol. The van der Waals surface area contributed by atoms with E-state index in [1.165, 1.54) is 6.08 Å². The van der Waals surface area contributed by atoms with Crippen molar-refractivity contribution in [2.75, 3.05) is 0 Å². The van der Waals surface area contributed by atoms with E-state index in [2.05, 4.69) is 11.9 Å².